The van der Waals surface area contributed by atoms with Crippen molar-refractivity contribution >= 4 is 39.2 Å². The van der Waals surface area contributed by atoms with E-state index in [1.54, 1.807) is 11.3 Å². The van der Waals surface area contributed by atoms with Crippen molar-refractivity contribution in [2.75, 3.05) is 12.3 Å². The van der Waals surface area contributed by atoms with E-state index in [1.165, 1.54) is 41.5 Å². The number of carbonyl (C=O) groups is 1. The monoisotopic (exact) mass is 351 g/mol. The van der Waals surface area contributed by atoms with E-state index in [0.29, 0.717) is 5.75 Å². The van der Waals surface area contributed by atoms with Gasteiger partial charge in [0.1, 0.15) is 15.7 Å². The van der Waals surface area contributed by atoms with Crippen molar-refractivity contribution < 1.29 is 4.79 Å². The maximum atomic E-state index is 12.0. The zero-order valence-corrected chi connectivity index (χ0v) is 16.0. The van der Waals surface area contributed by atoms with Crippen LogP contribution in [0.3, 0.4) is 0 Å². The fraction of sp³-hybridized carbons (Fsp3) is 0.588. The molecule has 0 aliphatic rings. The highest BCUT2D eigenvalue weighted by Gasteiger charge is 2.14. The molecule has 0 aliphatic carbocycles. The Balaban J connectivity index is 1.95. The van der Waals surface area contributed by atoms with Gasteiger partial charge in [0.15, 0.2) is 0 Å². The average Bonchev–Trinajstić information content (AvgIpc) is 2.79. The van der Waals surface area contributed by atoms with Crippen molar-refractivity contribution in [3.63, 3.8) is 0 Å². The number of nitrogens with zero attached hydrogens (tertiary/aromatic N) is 2. The van der Waals surface area contributed by atoms with Crippen LogP contribution in [0.1, 0.15) is 48.9 Å². The Kier molecular flexibility index (Phi) is 6.84. The molecule has 1 amide bonds. The summed E-state index contributed by atoms with van der Waals surface area (Å²) >= 11 is 3.21. The molecule has 23 heavy (non-hydrogen) atoms. The highest BCUT2D eigenvalue weighted by molar-refractivity contribution is 8.00. The normalized spacial score (nSPS) is 11.1. The number of thiophene rings is 1. The Morgan fingerprint density at radius 1 is 1.17 bits per heavy atom. The minimum atomic E-state index is 0.0838. The van der Waals surface area contributed by atoms with Gasteiger partial charge in [-0.1, -0.05) is 37.9 Å². The highest BCUT2D eigenvalue weighted by Crippen LogP contribution is 2.34. The van der Waals surface area contributed by atoms with E-state index < -0.39 is 0 Å². The Morgan fingerprint density at radius 3 is 2.70 bits per heavy atom. The number of fused-ring (bicyclic) bond motifs is 1. The third-order valence-electron chi connectivity index (χ3n) is 3.80. The van der Waals surface area contributed by atoms with E-state index in [-0.39, 0.29) is 5.91 Å². The van der Waals surface area contributed by atoms with Crippen LogP contribution in [0, 0.1) is 20.8 Å². The van der Waals surface area contributed by atoms with Crippen LogP contribution in [0.15, 0.2) is 5.03 Å². The summed E-state index contributed by atoms with van der Waals surface area (Å²) in [4.78, 5) is 23.3. The maximum Gasteiger partial charge on any atom is 0.230 e. The predicted molar refractivity (Wildman–Crippen MR) is 99.5 cm³/mol. The van der Waals surface area contributed by atoms with Crippen molar-refractivity contribution in [2.45, 2.75) is 58.4 Å². The smallest absolute Gasteiger partial charge is 0.230 e. The summed E-state index contributed by atoms with van der Waals surface area (Å²) in [6.45, 7) is 9.07. The van der Waals surface area contributed by atoms with Gasteiger partial charge in [0, 0.05) is 16.8 Å². The van der Waals surface area contributed by atoms with Gasteiger partial charge in [-0.15, -0.1) is 11.3 Å². The first-order valence-corrected chi connectivity index (χ1v) is 9.97. The van der Waals surface area contributed by atoms with Gasteiger partial charge in [0.2, 0.25) is 5.91 Å². The molecule has 4 nitrogen and oxygen atoms in total. The molecule has 1 N–H and O–H groups in total. The summed E-state index contributed by atoms with van der Waals surface area (Å²) in [7, 11) is 0. The lowest BCUT2D eigenvalue weighted by atomic mass is 10.2. The molecule has 0 fully saturated rings. The van der Waals surface area contributed by atoms with E-state index >= 15 is 0 Å². The summed E-state index contributed by atoms with van der Waals surface area (Å²) in [6.07, 6.45) is 4.69. The number of aromatic nitrogens is 2. The second-order valence-corrected chi connectivity index (χ2v) is 7.91. The molecule has 2 aromatic heterocycles. The maximum absolute atomic E-state index is 12.0. The second-order valence-electron chi connectivity index (χ2n) is 5.74. The first-order valence-electron chi connectivity index (χ1n) is 8.16. The Hall–Kier alpha value is -1.14. The van der Waals surface area contributed by atoms with E-state index in [9.17, 15) is 4.79 Å². The molecule has 2 rings (SSSR count). The summed E-state index contributed by atoms with van der Waals surface area (Å²) in [5, 5.41) is 5.03. The number of carbonyl (C=O) groups excluding carboxylic acids is 1. The van der Waals surface area contributed by atoms with E-state index in [0.717, 1.165) is 34.0 Å². The number of nitrogens with one attached hydrogen (secondary N) is 1. The van der Waals surface area contributed by atoms with Gasteiger partial charge in [-0.05, 0) is 32.8 Å². The SMILES string of the molecule is CCCCCCNC(=O)CSc1nc(C)nc2sc(C)c(C)c12. The van der Waals surface area contributed by atoms with Gasteiger partial charge in [0.05, 0.1) is 5.75 Å². The van der Waals surface area contributed by atoms with E-state index in [2.05, 4.69) is 36.1 Å². The van der Waals surface area contributed by atoms with E-state index in [4.69, 9.17) is 0 Å². The average molecular weight is 352 g/mol. The van der Waals surface area contributed by atoms with Gasteiger partial charge < -0.3 is 5.32 Å². The van der Waals surface area contributed by atoms with Crippen LogP contribution in [0.25, 0.3) is 10.2 Å². The first kappa shape index (κ1) is 18.2. The molecular formula is C17H25N3OS2. The van der Waals surface area contributed by atoms with Crippen molar-refractivity contribution in [3.05, 3.63) is 16.3 Å². The lowest BCUT2D eigenvalue weighted by Crippen LogP contribution is -2.26. The molecule has 0 aromatic carbocycles. The zero-order chi connectivity index (χ0) is 16.8. The number of hydrogen-bond donors (Lipinski definition) is 1. The Morgan fingerprint density at radius 2 is 1.96 bits per heavy atom. The molecule has 0 saturated heterocycles. The molecule has 2 aromatic rings. The summed E-state index contributed by atoms with van der Waals surface area (Å²) in [6, 6.07) is 0. The molecule has 0 saturated carbocycles. The topological polar surface area (TPSA) is 54.9 Å². The fourth-order valence-corrected chi connectivity index (χ4v) is 4.48. The molecule has 0 bridgehead atoms. The summed E-state index contributed by atoms with van der Waals surface area (Å²) in [5.74, 6) is 1.26. The third kappa shape index (κ3) is 4.91. The summed E-state index contributed by atoms with van der Waals surface area (Å²) < 4.78 is 0. The number of hydrogen-bond acceptors (Lipinski definition) is 5. The van der Waals surface area contributed by atoms with Gasteiger partial charge >= 0.3 is 0 Å². The van der Waals surface area contributed by atoms with Crippen LogP contribution in [0.4, 0.5) is 0 Å². The minimum absolute atomic E-state index is 0.0838. The first-order chi connectivity index (χ1) is 11.0. The molecule has 0 aliphatic heterocycles. The standard InChI is InChI=1S/C17H25N3OS2/c1-5-6-7-8-9-18-14(21)10-22-16-15-11(2)12(3)23-17(15)20-13(4)19-16/h5-10H2,1-4H3,(H,18,21). The Labute approximate surface area is 146 Å². The van der Waals surface area contributed by atoms with Crippen molar-refractivity contribution in [2.24, 2.45) is 0 Å². The molecule has 2 heterocycles. The number of amides is 1. The van der Waals surface area contributed by atoms with Crippen LogP contribution in [0.2, 0.25) is 0 Å². The molecule has 0 unspecified atom stereocenters. The Bertz CT molecular complexity index is 682. The van der Waals surface area contributed by atoms with Crippen LogP contribution >= 0.6 is 23.1 Å². The fourth-order valence-electron chi connectivity index (χ4n) is 2.38. The number of unbranched alkanes of at least 4 members (excludes halogenated alkanes) is 3. The quantitative estimate of drug-likeness (QED) is 0.435. The van der Waals surface area contributed by atoms with Gasteiger partial charge in [0.25, 0.3) is 0 Å². The van der Waals surface area contributed by atoms with Gasteiger partial charge in [-0.3, -0.25) is 4.79 Å². The van der Waals surface area contributed by atoms with Gasteiger partial charge in [-0.25, -0.2) is 9.97 Å². The van der Waals surface area contributed by atoms with Crippen LogP contribution in [0.5, 0.6) is 0 Å². The van der Waals surface area contributed by atoms with E-state index in [1.807, 2.05) is 6.92 Å². The number of aryl methyl sites for hydroxylation is 3. The summed E-state index contributed by atoms with van der Waals surface area (Å²) in [5.41, 5.74) is 1.23. The predicted octanol–water partition coefficient (Wildman–Crippen LogP) is 4.41. The molecule has 126 valence electrons. The van der Waals surface area contributed by atoms with Gasteiger partial charge in [-0.2, -0.15) is 0 Å². The van der Waals surface area contributed by atoms with Crippen molar-refractivity contribution in [1.82, 2.24) is 15.3 Å². The van der Waals surface area contributed by atoms with Crippen molar-refractivity contribution in [1.29, 1.82) is 0 Å². The molecule has 0 radical (unpaired) electrons. The largest absolute Gasteiger partial charge is 0.355 e. The second kappa shape index (κ2) is 8.64. The number of thioether (sulfide) groups is 1. The molecule has 6 heteroatoms. The van der Waals surface area contributed by atoms with Crippen LogP contribution < -0.4 is 5.32 Å². The number of rotatable bonds is 8. The lowest BCUT2D eigenvalue weighted by molar-refractivity contribution is -0.118. The van der Waals surface area contributed by atoms with Crippen LogP contribution in [-0.4, -0.2) is 28.2 Å². The third-order valence-corrected chi connectivity index (χ3v) is 5.88. The van der Waals surface area contributed by atoms with Crippen molar-refractivity contribution in [3.8, 4) is 0 Å². The molecule has 0 atom stereocenters. The lowest BCUT2D eigenvalue weighted by Gasteiger charge is -2.06. The molecular weight excluding hydrogens is 326 g/mol. The minimum Gasteiger partial charge on any atom is -0.355 e. The van der Waals surface area contributed by atoms with Crippen LogP contribution in [-0.2, 0) is 4.79 Å². The highest BCUT2D eigenvalue weighted by atomic mass is 32.2. The zero-order valence-electron chi connectivity index (χ0n) is 14.4. The molecule has 0 spiro atoms.